The number of halogens is 1. The predicted octanol–water partition coefficient (Wildman–Crippen LogP) is 1.48. The van der Waals surface area contributed by atoms with E-state index < -0.39 is 18.3 Å². The number of ether oxygens (including phenoxy) is 1. The highest BCUT2D eigenvalue weighted by atomic mass is 19.1. The van der Waals surface area contributed by atoms with Crippen molar-refractivity contribution in [2.75, 3.05) is 13.1 Å². The summed E-state index contributed by atoms with van der Waals surface area (Å²) in [6.07, 6.45) is -1.94. The average Bonchev–Trinajstić information content (AvgIpc) is 2.79. The first-order chi connectivity index (χ1) is 9.56. The molecule has 0 unspecified atom stereocenters. The van der Waals surface area contributed by atoms with Crippen molar-refractivity contribution in [3.63, 3.8) is 0 Å². The van der Waals surface area contributed by atoms with Crippen molar-refractivity contribution in [2.24, 2.45) is 0 Å². The SMILES string of the molecule is CC(=O)N1C[C@@H](F)[C@@H](NC(=O)OCc2ccccc2)C1. The van der Waals surface area contributed by atoms with Crippen LogP contribution >= 0.6 is 0 Å². The smallest absolute Gasteiger partial charge is 0.407 e. The van der Waals surface area contributed by atoms with Gasteiger partial charge in [-0.25, -0.2) is 9.18 Å². The monoisotopic (exact) mass is 280 g/mol. The van der Waals surface area contributed by atoms with E-state index in [-0.39, 0.29) is 25.6 Å². The Morgan fingerprint density at radius 3 is 2.65 bits per heavy atom. The van der Waals surface area contributed by atoms with Crippen molar-refractivity contribution in [3.05, 3.63) is 35.9 Å². The molecule has 1 aliphatic rings. The summed E-state index contributed by atoms with van der Waals surface area (Å²) in [5, 5.41) is 2.45. The van der Waals surface area contributed by atoms with Crippen LogP contribution in [-0.2, 0) is 16.1 Å². The third-order valence-corrected chi connectivity index (χ3v) is 3.21. The Hall–Kier alpha value is -2.11. The predicted molar refractivity (Wildman–Crippen MR) is 70.7 cm³/mol. The van der Waals surface area contributed by atoms with Crippen LogP contribution in [0.1, 0.15) is 12.5 Å². The molecule has 2 amide bonds. The maximum absolute atomic E-state index is 13.7. The summed E-state index contributed by atoms with van der Waals surface area (Å²) in [6.45, 7) is 1.70. The van der Waals surface area contributed by atoms with Crippen molar-refractivity contribution < 1.29 is 18.7 Å². The lowest BCUT2D eigenvalue weighted by molar-refractivity contribution is -0.128. The van der Waals surface area contributed by atoms with Crippen LogP contribution in [-0.4, -0.2) is 42.2 Å². The molecular weight excluding hydrogens is 263 g/mol. The van der Waals surface area contributed by atoms with Gasteiger partial charge in [0.2, 0.25) is 5.91 Å². The fraction of sp³-hybridized carbons (Fsp3) is 0.429. The highest BCUT2D eigenvalue weighted by molar-refractivity contribution is 5.74. The molecule has 1 aromatic rings. The summed E-state index contributed by atoms with van der Waals surface area (Å²) in [5.74, 6) is -0.199. The zero-order chi connectivity index (χ0) is 14.5. The van der Waals surface area contributed by atoms with Gasteiger partial charge >= 0.3 is 6.09 Å². The van der Waals surface area contributed by atoms with Crippen LogP contribution in [0.5, 0.6) is 0 Å². The lowest BCUT2D eigenvalue weighted by atomic mass is 10.2. The quantitative estimate of drug-likeness (QED) is 0.912. The molecule has 1 heterocycles. The lowest BCUT2D eigenvalue weighted by Gasteiger charge is -2.15. The number of amides is 2. The topological polar surface area (TPSA) is 58.6 Å². The molecule has 0 aliphatic carbocycles. The fourth-order valence-corrected chi connectivity index (χ4v) is 2.07. The number of alkyl halides is 1. The minimum absolute atomic E-state index is 0.0129. The van der Waals surface area contributed by atoms with E-state index in [1.54, 1.807) is 0 Å². The number of alkyl carbamates (subject to hydrolysis) is 1. The maximum Gasteiger partial charge on any atom is 0.407 e. The molecule has 0 spiro atoms. The van der Waals surface area contributed by atoms with Crippen molar-refractivity contribution in [2.45, 2.75) is 25.7 Å². The molecule has 1 aromatic carbocycles. The second-order valence-corrected chi connectivity index (χ2v) is 4.75. The Morgan fingerprint density at radius 1 is 1.35 bits per heavy atom. The van der Waals surface area contributed by atoms with E-state index in [1.807, 2.05) is 30.3 Å². The summed E-state index contributed by atoms with van der Waals surface area (Å²) in [5.41, 5.74) is 0.858. The minimum Gasteiger partial charge on any atom is -0.445 e. The molecule has 108 valence electrons. The van der Waals surface area contributed by atoms with Gasteiger partial charge in [0.25, 0.3) is 0 Å². The molecule has 2 rings (SSSR count). The summed E-state index contributed by atoms with van der Waals surface area (Å²) in [7, 11) is 0. The van der Waals surface area contributed by atoms with E-state index in [0.717, 1.165) is 5.56 Å². The summed E-state index contributed by atoms with van der Waals surface area (Å²) >= 11 is 0. The number of hydrogen-bond donors (Lipinski definition) is 1. The highest BCUT2D eigenvalue weighted by Gasteiger charge is 2.35. The third kappa shape index (κ3) is 3.69. The number of carbonyl (C=O) groups is 2. The Labute approximate surface area is 116 Å². The second-order valence-electron chi connectivity index (χ2n) is 4.75. The van der Waals surface area contributed by atoms with Crippen LogP contribution in [0.15, 0.2) is 30.3 Å². The minimum atomic E-state index is -1.26. The average molecular weight is 280 g/mol. The zero-order valence-electron chi connectivity index (χ0n) is 11.2. The maximum atomic E-state index is 13.7. The molecule has 5 nitrogen and oxygen atoms in total. The summed E-state index contributed by atoms with van der Waals surface area (Å²) in [6, 6.07) is 8.51. The van der Waals surface area contributed by atoms with Crippen LogP contribution in [0.3, 0.4) is 0 Å². The van der Waals surface area contributed by atoms with Gasteiger partial charge in [-0.15, -0.1) is 0 Å². The van der Waals surface area contributed by atoms with Gasteiger partial charge in [0.15, 0.2) is 0 Å². The molecule has 1 fully saturated rings. The van der Waals surface area contributed by atoms with Crippen molar-refractivity contribution in [3.8, 4) is 0 Å². The van der Waals surface area contributed by atoms with Crippen LogP contribution in [0, 0.1) is 0 Å². The van der Waals surface area contributed by atoms with Crippen LogP contribution in [0.2, 0.25) is 0 Å². The van der Waals surface area contributed by atoms with E-state index in [1.165, 1.54) is 11.8 Å². The van der Waals surface area contributed by atoms with E-state index in [4.69, 9.17) is 4.74 Å². The highest BCUT2D eigenvalue weighted by Crippen LogP contribution is 2.14. The van der Waals surface area contributed by atoms with Gasteiger partial charge in [0.05, 0.1) is 12.6 Å². The van der Waals surface area contributed by atoms with Crippen LogP contribution < -0.4 is 5.32 Å². The van der Waals surface area contributed by atoms with Crippen molar-refractivity contribution in [1.29, 1.82) is 0 Å². The number of likely N-dealkylation sites (tertiary alicyclic amines) is 1. The van der Waals surface area contributed by atoms with Gasteiger partial charge in [-0.1, -0.05) is 30.3 Å². The van der Waals surface area contributed by atoms with Crippen molar-refractivity contribution in [1.82, 2.24) is 10.2 Å². The normalized spacial score (nSPS) is 21.6. The Morgan fingerprint density at radius 2 is 2.05 bits per heavy atom. The number of rotatable bonds is 3. The molecule has 0 saturated carbocycles. The molecule has 1 aliphatic heterocycles. The van der Waals surface area contributed by atoms with Gasteiger partial charge in [-0.2, -0.15) is 0 Å². The van der Waals surface area contributed by atoms with E-state index in [0.29, 0.717) is 0 Å². The molecule has 1 N–H and O–H groups in total. The Bertz CT molecular complexity index is 481. The number of nitrogens with zero attached hydrogens (tertiary/aromatic N) is 1. The Kier molecular flexibility index (Phi) is 4.55. The van der Waals surface area contributed by atoms with Gasteiger partial charge in [0.1, 0.15) is 12.8 Å². The van der Waals surface area contributed by atoms with Gasteiger partial charge < -0.3 is 15.0 Å². The number of carbonyl (C=O) groups excluding carboxylic acids is 2. The van der Waals surface area contributed by atoms with E-state index >= 15 is 0 Å². The number of benzene rings is 1. The first kappa shape index (κ1) is 14.3. The van der Waals surface area contributed by atoms with E-state index in [2.05, 4.69) is 5.32 Å². The molecule has 0 bridgehead atoms. The molecule has 0 radical (unpaired) electrons. The Balaban J connectivity index is 1.79. The van der Waals surface area contributed by atoms with Gasteiger partial charge in [0, 0.05) is 13.5 Å². The first-order valence-corrected chi connectivity index (χ1v) is 6.43. The van der Waals surface area contributed by atoms with Crippen LogP contribution in [0.4, 0.5) is 9.18 Å². The second kappa shape index (κ2) is 6.36. The number of hydrogen-bond acceptors (Lipinski definition) is 3. The van der Waals surface area contributed by atoms with Crippen molar-refractivity contribution >= 4 is 12.0 Å². The molecule has 2 atom stereocenters. The first-order valence-electron chi connectivity index (χ1n) is 6.43. The molecular formula is C14H17FN2O3. The lowest BCUT2D eigenvalue weighted by Crippen LogP contribution is -2.41. The zero-order valence-corrected chi connectivity index (χ0v) is 11.2. The van der Waals surface area contributed by atoms with Gasteiger partial charge in [-0.05, 0) is 5.56 Å². The van der Waals surface area contributed by atoms with E-state index in [9.17, 15) is 14.0 Å². The third-order valence-electron chi connectivity index (χ3n) is 3.21. The summed E-state index contributed by atoms with van der Waals surface area (Å²) in [4.78, 5) is 24.1. The molecule has 0 aromatic heterocycles. The van der Waals surface area contributed by atoms with Gasteiger partial charge in [-0.3, -0.25) is 4.79 Å². The molecule has 6 heteroatoms. The molecule has 1 saturated heterocycles. The standard InChI is InChI=1S/C14H17FN2O3/c1-10(18)17-7-12(15)13(8-17)16-14(19)20-9-11-5-3-2-4-6-11/h2-6,12-13H,7-9H2,1H3,(H,16,19)/t12-,13+/m1/s1. The molecule has 20 heavy (non-hydrogen) atoms. The fourth-order valence-electron chi connectivity index (χ4n) is 2.07. The number of nitrogens with one attached hydrogen (secondary N) is 1. The van der Waals surface area contributed by atoms with Crippen LogP contribution in [0.25, 0.3) is 0 Å². The summed E-state index contributed by atoms with van der Waals surface area (Å²) < 4.78 is 18.7. The largest absolute Gasteiger partial charge is 0.445 e.